The van der Waals surface area contributed by atoms with Crippen molar-refractivity contribution in [3.05, 3.63) is 29.6 Å². The molecule has 1 unspecified atom stereocenters. The summed E-state index contributed by atoms with van der Waals surface area (Å²) in [7, 11) is 1.43. The topological polar surface area (TPSA) is 41.6 Å². The zero-order valence-electron chi connectivity index (χ0n) is 12.8. The van der Waals surface area contributed by atoms with Gasteiger partial charge in [0, 0.05) is 11.3 Å². The highest BCUT2D eigenvalue weighted by Gasteiger charge is 2.35. The number of benzene rings is 1. The van der Waals surface area contributed by atoms with Crippen LogP contribution in [0.2, 0.25) is 0 Å². The van der Waals surface area contributed by atoms with Crippen molar-refractivity contribution in [3.8, 4) is 5.75 Å². The van der Waals surface area contributed by atoms with Crippen LogP contribution in [0.3, 0.4) is 0 Å². The Kier molecular flexibility index (Phi) is 4.78. The minimum absolute atomic E-state index is 0.0401. The number of amides is 1. The third kappa shape index (κ3) is 3.49. The van der Waals surface area contributed by atoms with Gasteiger partial charge in [-0.2, -0.15) is 11.8 Å². The molecule has 0 spiro atoms. The number of nitrogens with zero attached hydrogens (tertiary/aromatic N) is 1. The summed E-state index contributed by atoms with van der Waals surface area (Å²) in [6.07, 6.45) is 1.74. The fourth-order valence-corrected chi connectivity index (χ4v) is 2.61. The summed E-state index contributed by atoms with van der Waals surface area (Å²) in [5.74, 6) is -0.169. The van der Waals surface area contributed by atoms with Crippen molar-refractivity contribution >= 4 is 17.7 Å². The maximum absolute atomic E-state index is 13.9. The van der Waals surface area contributed by atoms with Crippen molar-refractivity contribution in [2.24, 2.45) is 0 Å². The van der Waals surface area contributed by atoms with Crippen molar-refractivity contribution in [2.45, 2.75) is 24.8 Å². The lowest BCUT2D eigenvalue weighted by molar-refractivity contribution is -0.128. The first kappa shape index (κ1) is 16.1. The lowest BCUT2D eigenvalue weighted by atomic mass is 10.1. The first-order valence-corrected chi connectivity index (χ1v) is 8.02. The van der Waals surface area contributed by atoms with E-state index in [9.17, 15) is 9.18 Å². The Labute approximate surface area is 129 Å². The molecule has 1 amide bonds. The van der Waals surface area contributed by atoms with Gasteiger partial charge in [-0.25, -0.2) is 4.39 Å². The molecule has 1 saturated heterocycles. The maximum Gasteiger partial charge on any atom is 0.238 e. The molecule has 1 atom stereocenters. The Balaban J connectivity index is 2.25. The summed E-state index contributed by atoms with van der Waals surface area (Å²) < 4.78 is 18.8. The number of carbonyl (C=O) groups excluding carboxylic acids is 1. The molecule has 0 aromatic heterocycles. The van der Waals surface area contributed by atoms with E-state index in [-0.39, 0.29) is 29.1 Å². The molecular weight excluding hydrogens is 291 g/mol. The molecule has 1 N–H and O–H groups in total. The normalized spacial score (nSPS) is 19.2. The number of halogens is 1. The number of thioether (sulfide) groups is 1. The van der Waals surface area contributed by atoms with Gasteiger partial charge >= 0.3 is 0 Å². The van der Waals surface area contributed by atoms with Gasteiger partial charge in [0.25, 0.3) is 0 Å². The van der Waals surface area contributed by atoms with E-state index in [4.69, 9.17) is 4.74 Å². The highest BCUT2D eigenvalue weighted by molar-refractivity contribution is 7.99. The van der Waals surface area contributed by atoms with E-state index in [1.165, 1.54) is 13.2 Å². The fraction of sp³-hybridized carbons (Fsp3) is 0.533. The van der Waals surface area contributed by atoms with Crippen molar-refractivity contribution < 1.29 is 13.9 Å². The van der Waals surface area contributed by atoms with Gasteiger partial charge < -0.3 is 9.64 Å². The molecule has 116 valence electrons. The van der Waals surface area contributed by atoms with E-state index in [0.717, 1.165) is 5.56 Å². The molecule has 0 bridgehead atoms. The molecule has 1 heterocycles. The molecule has 1 aromatic carbocycles. The third-order valence-electron chi connectivity index (χ3n) is 3.67. The van der Waals surface area contributed by atoms with Crippen LogP contribution in [0.4, 0.5) is 4.39 Å². The average molecular weight is 312 g/mol. The van der Waals surface area contributed by atoms with Gasteiger partial charge in [0.1, 0.15) is 6.17 Å². The zero-order chi connectivity index (χ0) is 15.6. The SMILES string of the molecule is COc1ccc(C2NCC(=O)N2CC(C)(C)SC)cc1F. The standard InChI is InChI=1S/C15H21FN2O2S/c1-15(2,21-4)9-18-13(19)8-17-14(18)10-5-6-12(20-3)11(16)7-10/h5-7,14,17H,8-9H2,1-4H3. The van der Waals surface area contributed by atoms with E-state index in [2.05, 4.69) is 19.2 Å². The number of rotatable bonds is 5. The molecule has 0 saturated carbocycles. The third-order valence-corrected chi connectivity index (χ3v) is 4.91. The van der Waals surface area contributed by atoms with Crippen LogP contribution in [0.15, 0.2) is 18.2 Å². The molecule has 1 fully saturated rings. The number of nitrogens with one attached hydrogen (secondary N) is 1. The van der Waals surface area contributed by atoms with Crippen LogP contribution in [0.5, 0.6) is 5.75 Å². The molecule has 0 aliphatic carbocycles. The smallest absolute Gasteiger partial charge is 0.238 e. The van der Waals surface area contributed by atoms with Crippen LogP contribution in [-0.2, 0) is 4.79 Å². The molecule has 0 radical (unpaired) electrons. The van der Waals surface area contributed by atoms with Crippen molar-refractivity contribution in [2.75, 3.05) is 26.5 Å². The molecular formula is C15H21FN2O2S. The maximum atomic E-state index is 13.9. The van der Waals surface area contributed by atoms with Crippen molar-refractivity contribution in [3.63, 3.8) is 0 Å². The summed E-state index contributed by atoms with van der Waals surface area (Å²) >= 11 is 1.71. The second-order valence-corrected chi connectivity index (χ2v) is 7.18. The molecule has 1 aromatic rings. The van der Waals surface area contributed by atoms with Gasteiger partial charge in [-0.15, -0.1) is 0 Å². The van der Waals surface area contributed by atoms with Gasteiger partial charge in [0.15, 0.2) is 11.6 Å². The highest BCUT2D eigenvalue weighted by Crippen LogP contribution is 2.31. The Bertz CT molecular complexity index is 536. The van der Waals surface area contributed by atoms with Crippen LogP contribution in [0, 0.1) is 5.82 Å². The van der Waals surface area contributed by atoms with E-state index in [1.54, 1.807) is 28.8 Å². The van der Waals surface area contributed by atoms with Crippen LogP contribution in [0.1, 0.15) is 25.6 Å². The number of carbonyl (C=O) groups is 1. The first-order chi connectivity index (χ1) is 9.88. The summed E-state index contributed by atoms with van der Waals surface area (Å²) in [4.78, 5) is 13.9. The van der Waals surface area contributed by atoms with Gasteiger partial charge in [-0.1, -0.05) is 6.07 Å². The lowest BCUT2D eigenvalue weighted by Crippen LogP contribution is -2.40. The predicted molar refractivity (Wildman–Crippen MR) is 83.0 cm³/mol. The molecule has 1 aliphatic heterocycles. The number of hydrogen-bond acceptors (Lipinski definition) is 4. The summed E-state index contributed by atoms with van der Waals surface area (Å²) in [5.41, 5.74) is 0.732. The number of methoxy groups -OCH3 is 1. The van der Waals surface area contributed by atoms with E-state index in [0.29, 0.717) is 6.54 Å². The van der Waals surface area contributed by atoms with Gasteiger partial charge in [0.05, 0.1) is 13.7 Å². The quantitative estimate of drug-likeness (QED) is 0.906. The summed E-state index contributed by atoms with van der Waals surface area (Å²) in [6.45, 7) is 5.07. The van der Waals surface area contributed by atoms with Crippen LogP contribution in [0.25, 0.3) is 0 Å². The minimum atomic E-state index is -0.416. The predicted octanol–water partition coefficient (Wildman–Crippen LogP) is 2.41. The monoisotopic (exact) mass is 312 g/mol. The Hall–Kier alpha value is -1.27. The van der Waals surface area contributed by atoms with Crippen molar-refractivity contribution in [1.82, 2.24) is 10.2 Å². The summed E-state index contributed by atoms with van der Waals surface area (Å²) in [6, 6.07) is 4.80. The fourth-order valence-electron chi connectivity index (χ4n) is 2.34. The highest BCUT2D eigenvalue weighted by atomic mass is 32.2. The van der Waals surface area contributed by atoms with E-state index in [1.807, 2.05) is 6.26 Å². The van der Waals surface area contributed by atoms with Crippen molar-refractivity contribution in [1.29, 1.82) is 0 Å². The average Bonchev–Trinajstić information content (AvgIpc) is 2.80. The Morgan fingerprint density at radius 2 is 2.24 bits per heavy atom. The van der Waals surface area contributed by atoms with Crippen LogP contribution >= 0.6 is 11.8 Å². The molecule has 1 aliphatic rings. The van der Waals surface area contributed by atoms with Gasteiger partial charge in [0.2, 0.25) is 5.91 Å². The largest absolute Gasteiger partial charge is 0.494 e. The Morgan fingerprint density at radius 1 is 1.52 bits per heavy atom. The molecule has 4 nitrogen and oxygen atoms in total. The zero-order valence-corrected chi connectivity index (χ0v) is 13.6. The number of hydrogen-bond donors (Lipinski definition) is 1. The summed E-state index contributed by atoms with van der Waals surface area (Å²) in [5, 5.41) is 3.14. The second kappa shape index (κ2) is 6.23. The first-order valence-electron chi connectivity index (χ1n) is 6.79. The molecule has 2 rings (SSSR count). The number of ether oxygens (including phenoxy) is 1. The van der Waals surface area contributed by atoms with E-state index < -0.39 is 5.82 Å². The van der Waals surface area contributed by atoms with Crippen LogP contribution < -0.4 is 10.1 Å². The van der Waals surface area contributed by atoms with Gasteiger partial charge in [-0.3, -0.25) is 10.1 Å². The minimum Gasteiger partial charge on any atom is -0.494 e. The molecule has 21 heavy (non-hydrogen) atoms. The van der Waals surface area contributed by atoms with E-state index >= 15 is 0 Å². The second-order valence-electron chi connectivity index (χ2n) is 5.66. The lowest BCUT2D eigenvalue weighted by Gasteiger charge is -2.32. The molecule has 6 heteroatoms. The van der Waals surface area contributed by atoms with Crippen LogP contribution in [-0.4, -0.2) is 42.0 Å². The van der Waals surface area contributed by atoms with Gasteiger partial charge in [-0.05, 0) is 37.8 Å². The Morgan fingerprint density at radius 3 is 2.81 bits per heavy atom.